The second-order valence-corrected chi connectivity index (χ2v) is 6.84. The summed E-state index contributed by atoms with van der Waals surface area (Å²) in [5.74, 6) is 0.973. The number of fused-ring (bicyclic) bond motifs is 1. The normalized spacial score (nSPS) is 17.3. The Morgan fingerprint density at radius 2 is 1.93 bits per heavy atom. The fourth-order valence-corrected chi connectivity index (χ4v) is 3.65. The van der Waals surface area contributed by atoms with E-state index < -0.39 is 0 Å². The summed E-state index contributed by atoms with van der Waals surface area (Å²) in [6, 6.07) is 0. The van der Waals surface area contributed by atoms with Crippen LogP contribution in [0.5, 0.6) is 0 Å². The van der Waals surface area contributed by atoms with E-state index in [0.29, 0.717) is 5.28 Å². The van der Waals surface area contributed by atoms with Gasteiger partial charge in [0.2, 0.25) is 5.28 Å². The minimum atomic E-state index is 0.321. The lowest BCUT2D eigenvalue weighted by Gasteiger charge is -2.29. The number of halogens is 1. The van der Waals surface area contributed by atoms with E-state index in [4.69, 9.17) is 16.3 Å². The van der Waals surface area contributed by atoms with Crippen LogP contribution < -0.4 is 4.90 Å². The lowest BCUT2D eigenvalue weighted by Crippen LogP contribution is -2.37. The predicted octanol–water partition coefficient (Wildman–Crippen LogP) is 5.63. The van der Waals surface area contributed by atoms with Gasteiger partial charge in [-0.2, -0.15) is 0 Å². The van der Waals surface area contributed by atoms with Gasteiger partial charge in [-0.25, -0.2) is 9.97 Å². The van der Waals surface area contributed by atoms with Gasteiger partial charge < -0.3 is 9.64 Å². The van der Waals surface area contributed by atoms with Gasteiger partial charge in [-0.3, -0.25) is 0 Å². The van der Waals surface area contributed by atoms with E-state index in [2.05, 4.69) is 53.9 Å². The van der Waals surface area contributed by atoms with Crippen molar-refractivity contribution in [1.29, 1.82) is 0 Å². The topological polar surface area (TPSA) is 38.2 Å². The molecule has 27 heavy (non-hydrogen) atoms. The van der Waals surface area contributed by atoms with Crippen molar-refractivity contribution in [2.24, 2.45) is 0 Å². The first kappa shape index (κ1) is 21.6. The maximum Gasteiger partial charge on any atom is 0.224 e. The predicted molar refractivity (Wildman–Crippen MR) is 116 cm³/mol. The third-order valence-electron chi connectivity index (χ3n) is 4.70. The van der Waals surface area contributed by atoms with Crippen molar-refractivity contribution in [3.63, 3.8) is 0 Å². The molecule has 2 heterocycles. The molecule has 1 aliphatic heterocycles. The van der Waals surface area contributed by atoms with E-state index in [1.165, 1.54) is 22.3 Å². The fourth-order valence-electron chi connectivity index (χ4n) is 3.48. The molecule has 0 spiro atoms. The average molecular weight is 390 g/mol. The molecule has 1 aromatic heterocycles. The number of hydrogen-bond acceptors (Lipinski definition) is 4. The van der Waals surface area contributed by atoms with Gasteiger partial charge in [0.1, 0.15) is 5.82 Å². The summed E-state index contributed by atoms with van der Waals surface area (Å²) in [5, 5.41) is 0.321. The minimum absolute atomic E-state index is 0.321. The van der Waals surface area contributed by atoms with E-state index in [1.807, 2.05) is 13.8 Å². The molecule has 4 nitrogen and oxygen atoms in total. The summed E-state index contributed by atoms with van der Waals surface area (Å²) in [7, 11) is 0. The number of rotatable bonds is 5. The van der Waals surface area contributed by atoms with E-state index in [9.17, 15) is 0 Å². The number of ether oxygens (including phenoxy) is 1. The maximum atomic E-state index is 6.20. The van der Waals surface area contributed by atoms with Gasteiger partial charge >= 0.3 is 0 Å². The monoisotopic (exact) mass is 389 g/mol. The lowest BCUT2D eigenvalue weighted by molar-refractivity contribution is 0.122. The third kappa shape index (κ3) is 5.43. The number of morpholine rings is 1. The molecule has 0 amide bonds. The average Bonchev–Trinajstić information content (AvgIpc) is 3.11. The summed E-state index contributed by atoms with van der Waals surface area (Å²) >= 11 is 6.20. The first-order valence-electron chi connectivity index (χ1n) is 10.1. The van der Waals surface area contributed by atoms with Crippen LogP contribution in [0.2, 0.25) is 5.28 Å². The summed E-state index contributed by atoms with van der Waals surface area (Å²) in [4.78, 5) is 11.3. The molecule has 1 aromatic rings. The van der Waals surface area contributed by atoms with Crippen LogP contribution in [0.25, 0.3) is 6.08 Å². The molecule has 0 aromatic carbocycles. The second-order valence-electron chi connectivity index (χ2n) is 6.51. The second kappa shape index (κ2) is 10.6. The lowest BCUT2D eigenvalue weighted by atomic mass is 9.99. The van der Waals surface area contributed by atoms with Gasteiger partial charge in [-0.15, -0.1) is 0 Å². The zero-order valence-electron chi connectivity index (χ0n) is 17.3. The van der Waals surface area contributed by atoms with Crippen LogP contribution in [0.1, 0.15) is 58.7 Å². The summed E-state index contributed by atoms with van der Waals surface area (Å²) < 4.78 is 5.47. The van der Waals surface area contributed by atoms with Gasteiger partial charge in [0.05, 0.1) is 18.9 Å². The molecule has 2 aliphatic rings. The van der Waals surface area contributed by atoms with Gasteiger partial charge in [-0.1, -0.05) is 45.4 Å². The Kier molecular flexibility index (Phi) is 8.52. The standard InChI is InChI=1S/C20H26ClN3O.C2H6/c1-4-6-14(3)11-15(5-2)16-12-17-18(13-16)22-20(21)23-19(17)24-7-9-25-10-8-24;1-2/h6,11,13H,4-5,7-10,12H2,1-3H3;1-2H3/b14-6+,15-11+;. The molecule has 5 heteroatoms. The highest BCUT2D eigenvalue weighted by atomic mass is 35.5. The van der Waals surface area contributed by atoms with Crippen LogP contribution in [0.4, 0.5) is 5.82 Å². The van der Waals surface area contributed by atoms with Crippen molar-refractivity contribution in [2.75, 3.05) is 31.2 Å². The van der Waals surface area contributed by atoms with Crippen molar-refractivity contribution in [1.82, 2.24) is 9.97 Å². The van der Waals surface area contributed by atoms with Crippen LogP contribution in [0.15, 0.2) is 28.9 Å². The Hall–Kier alpha value is -1.65. The molecule has 0 saturated carbocycles. The SMILES string of the molecule is CC.CC/C=C(C)/C=C(\CC)C1=Cc2nc(Cl)nc(N3CCOCC3)c2C1. The van der Waals surface area contributed by atoms with E-state index in [-0.39, 0.29) is 0 Å². The van der Waals surface area contributed by atoms with Crippen LogP contribution in [0, 0.1) is 0 Å². The molecular formula is C22H32ClN3O. The Balaban J connectivity index is 0.00000126. The van der Waals surface area contributed by atoms with Crippen molar-refractivity contribution < 1.29 is 4.74 Å². The zero-order chi connectivity index (χ0) is 19.8. The molecule has 0 radical (unpaired) electrons. The molecule has 1 fully saturated rings. The summed E-state index contributed by atoms with van der Waals surface area (Å²) in [6.07, 6.45) is 9.67. The smallest absolute Gasteiger partial charge is 0.224 e. The highest BCUT2D eigenvalue weighted by molar-refractivity contribution is 6.28. The quantitative estimate of drug-likeness (QED) is 0.483. The first-order valence-corrected chi connectivity index (χ1v) is 10.5. The van der Waals surface area contributed by atoms with Gasteiger partial charge in [-0.05, 0) is 48.6 Å². The first-order chi connectivity index (χ1) is 13.1. The molecule has 1 aliphatic carbocycles. The summed E-state index contributed by atoms with van der Waals surface area (Å²) in [6.45, 7) is 13.7. The maximum absolute atomic E-state index is 6.20. The number of anilines is 1. The molecule has 0 N–H and O–H groups in total. The molecule has 0 atom stereocenters. The van der Waals surface area contributed by atoms with Crippen LogP contribution in [0.3, 0.4) is 0 Å². The molecule has 0 unspecified atom stereocenters. The number of allylic oxidation sites excluding steroid dienone is 5. The highest BCUT2D eigenvalue weighted by Gasteiger charge is 2.25. The highest BCUT2D eigenvalue weighted by Crippen LogP contribution is 2.36. The third-order valence-corrected chi connectivity index (χ3v) is 4.87. The van der Waals surface area contributed by atoms with Crippen molar-refractivity contribution >= 4 is 23.5 Å². The van der Waals surface area contributed by atoms with Crippen LogP contribution in [-0.2, 0) is 11.2 Å². The number of hydrogen-bond donors (Lipinski definition) is 0. The number of aromatic nitrogens is 2. The Bertz CT molecular complexity index is 731. The van der Waals surface area contributed by atoms with E-state index >= 15 is 0 Å². The molecule has 0 bridgehead atoms. The Morgan fingerprint density at radius 3 is 2.56 bits per heavy atom. The van der Waals surface area contributed by atoms with E-state index in [1.54, 1.807) is 0 Å². The molecule has 3 rings (SSSR count). The molecule has 148 valence electrons. The van der Waals surface area contributed by atoms with Crippen molar-refractivity contribution in [3.05, 3.63) is 45.4 Å². The molecular weight excluding hydrogens is 358 g/mol. The molecule has 1 saturated heterocycles. The minimum Gasteiger partial charge on any atom is -0.378 e. The Morgan fingerprint density at radius 1 is 1.22 bits per heavy atom. The van der Waals surface area contributed by atoms with Gasteiger partial charge in [0, 0.05) is 25.1 Å². The van der Waals surface area contributed by atoms with Crippen LogP contribution in [-0.4, -0.2) is 36.3 Å². The van der Waals surface area contributed by atoms with Gasteiger partial charge in [0.25, 0.3) is 0 Å². The van der Waals surface area contributed by atoms with Crippen LogP contribution >= 0.6 is 11.6 Å². The van der Waals surface area contributed by atoms with Crippen molar-refractivity contribution in [2.45, 2.75) is 53.9 Å². The summed E-state index contributed by atoms with van der Waals surface area (Å²) in [5.41, 5.74) is 6.16. The van der Waals surface area contributed by atoms with Crippen molar-refractivity contribution in [3.8, 4) is 0 Å². The zero-order valence-corrected chi connectivity index (χ0v) is 18.1. The van der Waals surface area contributed by atoms with E-state index in [0.717, 1.165) is 57.1 Å². The fraction of sp³-hybridized carbons (Fsp3) is 0.545. The van der Waals surface area contributed by atoms with Gasteiger partial charge in [0.15, 0.2) is 0 Å². The number of nitrogens with zero attached hydrogens (tertiary/aromatic N) is 3. The Labute approximate surface area is 169 Å². The largest absolute Gasteiger partial charge is 0.378 e.